The van der Waals surface area contributed by atoms with Crippen molar-refractivity contribution in [2.24, 2.45) is 0 Å². The molecule has 1 N–H and O–H groups in total. The molecule has 0 radical (unpaired) electrons. The second-order valence-corrected chi connectivity index (χ2v) is 5.80. The highest BCUT2D eigenvalue weighted by Gasteiger charge is 2.18. The first-order valence-corrected chi connectivity index (χ1v) is 6.67. The fraction of sp³-hybridized carbons (Fsp3) is 1.00. The van der Waals surface area contributed by atoms with Gasteiger partial charge in [-0.1, -0.05) is 6.92 Å². The van der Waals surface area contributed by atoms with Crippen LogP contribution in [0.1, 0.15) is 53.4 Å². The second kappa shape index (κ2) is 6.58. The molecule has 0 aromatic carbocycles. The molecular weight excluding hydrogens is 200 g/mol. The van der Waals surface area contributed by atoms with E-state index in [9.17, 15) is 0 Å². The second-order valence-electron chi connectivity index (χ2n) is 5.80. The number of nitrogens with zero attached hydrogens (tertiary/aromatic N) is 1. The van der Waals surface area contributed by atoms with Gasteiger partial charge in [0.2, 0.25) is 0 Å². The molecule has 1 atom stereocenters. The Morgan fingerprint density at radius 3 is 2.62 bits per heavy atom. The largest absolute Gasteiger partial charge is 0.303 e. The predicted octanol–water partition coefficient (Wildman–Crippen LogP) is 2.57. The normalized spacial score (nSPS) is 24.4. The van der Waals surface area contributed by atoms with Crippen molar-refractivity contribution < 1.29 is 4.84 Å². The highest BCUT2D eigenvalue weighted by molar-refractivity contribution is 4.73. The van der Waals surface area contributed by atoms with E-state index in [-0.39, 0.29) is 5.60 Å². The molecular formula is C13H28N2O. The third-order valence-electron chi connectivity index (χ3n) is 2.89. The summed E-state index contributed by atoms with van der Waals surface area (Å²) in [5.74, 6) is 0. The average Bonchev–Trinajstić information content (AvgIpc) is 2.40. The van der Waals surface area contributed by atoms with Crippen LogP contribution in [-0.4, -0.2) is 36.2 Å². The van der Waals surface area contributed by atoms with Crippen LogP contribution in [0.2, 0.25) is 0 Å². The van der Waals surface area contributed by atoms with E-state index in [0.29, 0.717) is 6.04 Å². The lowest BCUT2D eigenvalue weighted by Gasteiger charge is -2.24. The van der Waals surface area contributed by atoms with Gasteiger partial charge in [-0.05, 0) is 66.1 Å². The molecule has 0 amide bonds. The first-order valence-electron chi connectivity index (χ1n) is 6.67. The van der Waals surface area contributed by atoms with Gasteiger partial charge in [0, 0.05) is 6.04 Å². The maximum Gasteiger partial charge on any atom is 0.0813 e. The monoisotopic (exact) mass is 228 g/mol. The standard InChI is InChI=1S/C13H28N2O/c1-5-9-15-10-6-7-12(8-11-15)14-16-13(2,3)4/h12,14H,5-11H2,1-4H3. The number of nitrogens with one attached hydrogen (secondary N) is 1. The highest BCUT2D eigenvalue weighted by atomic mass is 16.7. The molecule has 1 fully saturated rings. The lowest BCUT2D eigenvalue weighted by atomic mass is 10.1. The van der Waals surface area contributed by atoms with Crippen LogP contribution in [0.25, 0.3) is 0 Å². The molecule has 1 saturated heterocycles. The van der Waals surface area contributed by atoms with Crippen LogP contribution < -0.4 is 5.48 Å². The van der Waals surface area contributed by atoms with Gasteiger partial charge < -0.3 is 4.90 Å². The molecule has 0 aromatic rings. The summed E-state index contributed by atoms with van der Waals surface area (Å²) < 4.78 is 0. The van der Waals surface area contributed by atoms with E-state index in [1.807, 2.05) is 0 Å². The van der Waals surface area contributed by atoms with Crippen LogP contribution in [-0.2, 0) is 4.84 Å². The molecule has 1 aliphatic rings. The zero-order valence-electron chi connectivity index (χ0n) is 11.4. The quantitative estimate of drug-likeness (QED) is 0.749. The van der Waals surface area contributed by atoms with Crippen molar-refractivity contribution in [3.8, 4) is 0 Å². The molecule has 1 aliphatic heterocycles. The van der Waals surface area contributed by atoms with Gasteiger partial charge in [-0.3, -0.25) is 4.84 Å². The molecule has 1 unspecified atom stereocenters. The fourth-order valence-electron chi connectivity index (χ4n) is 2.07. The number of hydrogen-bond donors (Lipinski definition) is 1. The van der Waals surface area contributed by atoms with E-state index < -0.39 is 0 Å². The van der Waals surface area contributed by atoms with Crippen LogP contribution in [0.5, 0.6) is 0 Å². The Bertz CT molecular complexity index is 189. The third kappa shape index (κ3) is 5.83. The average molecular weight is 228 g/mol. The van der Waals surface area contributed by atoms with E-state index >= 15 is 0 Å². The minimum Gasteiger partial charge on any atom is -0.303 e. The zero-order chi connectivity index (χ0) is 12.0. The van der Waals surface area contributed by atoms with Crippen LogP contribution in [0.3, 0.4) is 0 Å². The van der Waals surface area contributed by atoms with Gasteiger partial charge in [0.15, 0.2) is 0 Å². The summed E-state index contributed by atoms with van der Waals surface area (Å²) in [5, 5.41) is 0. The van der Waals surface area contributed by atoms with E-state index in [1.54, 1.807) is 0 Å². The number of rotatable bonds is 4. The van der Waals surface area contributed by atoms with Crippen LogP contribution in [0.4, 0.5) is 0 Å². The maximum atomic E-state index is 5.65. The lowest BCUT2D eigenvalue weighted by Crippen LogP contribution is -2.37. The van der Waals surface area contributed by atoms with Crippen molar-refractivity contribution in [2.45, 2.75) is 65.0 Å². The first-order chi connectivity index (χ1) is 7.51. The van der Waals surface area contributed by atoms with Crippen molar-refractivity contribution in [2.75, 3.05) is 19.6 Å². The smallest absolute Gasteiger partial charge is 0.0813 e. The SMILES string of the molecule is CCCN1CCCC(NOC(C)(C)C)CC1. The van der Waals surface area contributed by atoms with Gasteiger partial charge in [0.25, 0.3) is 0 Å². The summed E-state index contributed by atoms with van der Waals surface area (Å²) in [6.45, 7) is 12.2. The molecule has 0 spiro atoms. The summed E-state index contributed by atoms with van der Waals surface area (Å²) in [6, 6.07) is 0.529. The number of likely N-dealkylation sites (tertiary alicyclic amines) is 1. The topological polar surface area (TPSA) is 24.5 Å². The number of hydrogen-bond acceptors (Lipinski definition) is 3. The van der Waals surface area contributed by atoms with Gasteiger partial charge in [-0.15, -0.1) is 0 Å². The Balaban J connectivity index is 2.25. The zero-order valence-corrected chi connectivity index (χ0v) is 11.4. The van der Waals surface area contributed by atoms with E-state index in [0.717, 1.165) is 0 Å². The number of hydroxylamine groups is 1. The van der Waals surface area contributed by atoms with Gasteiger partial charge >= 0.3 is 0 Å². The van der Waals surface area contributed by atoms with Crippen molar-refractivity contribution >= 4 is 0 Å². The molecule has 0 aliphatic carbocycles. The first kappa shape index (κ1) is 13.9. The molecule has 1 rings (SSSR count). The molecule has 0 saturated carbocycles. The predicted molar refractivity (Wildman–Crippen MR) is 68.3 cm³/mol. The Morgan fingerprint density at radius 2 is 2.00 bits per heavy atom. The van der Waals surface area contributed by atoms with Crippen LogP contribution in [0, 0.1) is 0 Å². The summed E-state index contributed by atoms with van der Waals surface area (Å²) in [5.41, 5.74) is 3.15. The van der Waals surface area contributed by atoms with E-state index in [2.05, 4.69) is 38.1 Å². The molecule has 3 nitrogen and oxygen atoms in total. The van der Waals surface area contributed by atoms with Gasteiger partial charge in [-0.2, -0.15) is 5.48 Å². The third-order valence-corrected chi connectivity index (χ3v) is 2.89. The van der Waals surface area contributed by atoms with E-state index in [4.69, 9.17) is 4.84 Å². The Morgan fingerprint density at radius 1 is 1.25 bits per heavy atom. The minimum atomic E-state index is -0.0879. The molecule has 96 valence electrons. The highest BCUT2D eigenvalue weighted by Crippen LogP contribution is 2.13. The van der Waals surface area contributed by atoms with Crippen molar-refractivity contribution in [3.05, 3.63) is 0 Å². The van der Waals surface area contributed by atoms with Crippen molar-refractivity contribution in [1.82, 2.24) is 10.4 Å². The Hall–Kier alpha value is -0.120. The Labute approximate surface area is 100 Å². The molecule has 0 bridgehead atoms. The van der Waals surface area contributed by atoms with Crippen LogP contribution in [0.15, 0.2) is 0 Å². The van der Waals surface area contributed by atoms with Gasteiger partial charge in [-0.25, -0.2) is 0 Å². The van der Waals surface area contributed by atoms with Crippen LogP contribution >= 0.6 is 0 Å². The Kier molecular flexibility index (Phi) is 5.73. The lowest BCUT2D eigenvalue weighted by molar-refractivity contribution is -0.0899. The molecule has 0 aromatic heterocycles. The minimum absolute atomic E-state index is 0.0879. The van der Waals surface area contributed by atoms with Gasteiger partial charge in [0.1, 0.15) is 0 Å². The van der Waals surface area contributed by atoms with Crippen molar-refractivity contribution in [1.29, 1.82) is 0 Å². The van der Waals surface area contributed by atoms with E-state index in [1.165, 1.54) is 45.3 Å². The van der Waals surface area contributed by atoms with Crippen molar-refractivity contribution in [3.63, 3.8) is 0 Å². The fourth-order valence-corrected chi connectivity index (χ4v) is 2.07. The maximum absolute atomic E-state index is 5.65. The summed E-state index contributed by atoms with van der Waals surface area (Å²) in [6.07, 6.45) is 4.98. The summed E-state index contributed by atoms with van der Waals surface area (Å²) in [7, 11) is 0. The molecule has 1 heterocycles. The summed E-state index contributed by atoms with van der Waals surface area (Å²) >= 11 is 0. The summed E-state index contributed by atoms with van der Waals surface area (Å²) in [4.78, 5) is 8.22. The molecule has 16 heavy (non-hydrogen) atoms. The molecule has 3 heteroatoms. The van der Waals surface area contributed by atoms with Gasteiger partial charge in [0.05, 0.1) is 5.60 Å².